The predicted molar refractivity (Wildman–Crippen MR) is 137 cm³/mol. The summed E-state index contributed by atoms with van der Waals surface area (Å²) in [6.45, 7) is 1.22. The molecule has 0 radical (unpaired) electrons. The molecule has 0 aliphatic carbocycles. The Morgan fingerprint density at radius 1 is 1.03 bits per heavy atom. The number of anilines is 2. The number of alkyl halides is 3. The number of carbonyl (C=O) groups excluding carboxylic acids is 1. The number of fused-ring (bicyclic) bond motifs is 1. The van der Waals surface area contributed by atoms with Crippen molar-refractivity contribution in [1.29, 1.82) is 0 Å². The molecule has 10 heteroatoms. The summed E-state index contributed by atoms with van der Waals surface area (Å²) in [5.74, 6) is 0.484. The number of hydrogen-bond donors (Lipinski definition) is 2. The topological polar surface area (TPSA) is 79.4 Å². The Hall–Kier alpha value is -4.18. The number of hydrogen-bond acceptors (Lipinski definition) is 6. The van der Waals surface area contributed by atoms with Gasteiger partial charge in [-0.25, -0.2) is 9.97 Å². The van der Waals surface area contributed by atoms with E-state index in [-0.39, 0.29) is 11.4 Å². The molecule has 7 nitrogen and oxygen atoms in total. The second kappa shape index (κ2) is 11.3. The molecule has 0 atom stereocenters. The van der Waals surface area contributed by atoms with E-state index in [1.54, 1.807) is 42.6 Å². The third-order valence-corrected chi connectivity index (χ3v) is 5.57. The zero-order chi connectivity index (χ0) is 26.4. The minimum atomic E-state index is -4.50. The summed E-state index contributed by atoms with van der Waals surface area (Å²) >= 11 is 0. The van der Waals surface area contributed by atoms with E-state index in [1.165, 1.54) is 12.4 Å². The van der Waals surface area contributed by atoms with Crippen molar-refractivity contribution < 1.29 is 22.7 Å². The lowest BCUT2D eigenvalue weighted by molar-refractivity contribution is -0.137. The maximum Gasteiger partial charge on any atom is 0.416 e. The molecule has 0 saturated carbocycles. The molecule has 0 saturated heterocycles. The molecule has 0 spiro atoms. The molecule has 1 aromatic heterocycles. The van der Waals surface area contributed by atoms with Crippen molar-refractivity contribution in [2.24, 2.45) is 0 Å². The predicted octanol–water partition coefficient (Wildman–Crippen LogP) is 6.06. The molecular weight excluding hydrogens is 483 g/mol. The third kappa shape index (κ3) is 6.73. The van der Waals surface area contributed by atoms with E-state index in [0.717, 1.165) is 30.5 Å². The van der Waals surface area contributed by atoms with Gasteiger partial charge in [0.1, 0.15) is 12.1 Å². The minimum Gasteiger partial charge on any atom is -0.439 e. The number of nitrogens with one attached hydrogen (secondary N) is 2. The molecule has 37 heavy (non-hydrogen) atoms. The Bertz CT molecular complexity index is 1380. The van der Waals surface area contributed by atoms with Crippen LogP contribution in [-0.4, -0.2) is 48.0 Å². The molecular formula is C27H26F3N5O2. The van der Waals surface area contributed by atoms with Crippen molar-refractivity contribution in [3.63, 3.8) is 0 Å². The van der Waals surface area contributed by atoms with Crippen LogP contribution in [0.25, 0.3) is 10.8 Å². The SMILES string of the molecule is CN(C)CCCNc1cc(C(F)(F)F)ccc1NC(=O)c1cccc2cc(Oc3ccncn3)ccc12. The van der Waals surface area contributed by atoms with Gasteiger partial charge in [0.25, 0.3) is 5.91 Å². The fourth-order valence-electron chi connectivity index (χ4n) is 3.77. The first-order chi connectivity index (χ1) is 17.7. The molecule has 1 heterocycles. The Labute approximate surface area is 212 Å². The van der Waals surface area contributed by atoms with Crippen LogP contribution in [0.1, 0.15) is 22.3 Å². The summed E-state index contributed by atoms with van der Waals surface area (Å²) in [4.78, 5) is 23.1. The summed E-state index contributed by atoms with van der Waals surface area (Å²) in [6.07, 6.45) is -0.826. The van der Waals surface area contributed by atoms with Crippen LogP contribution in [0.4, 0.5) is 24.5 Å². The van der Waals surface area contributed by atoms with Gasteiger partial charge in [-0.2, -0.15) is 13.2 Å². The first-order valence-electron chi connectivity index (χ1n) is 11.6. The van der Waals surface area contributed by atoms with Gasteiger partial charge in [-0.3, -0.25) is 4.79 Å². The van der Waals surface area contributed by atoms with Crippen molar-refractivity contribution >= 4 is 28.1 Å². The lowest BCUT2D eigenvalue weighted by Crippen LogP contribution is -2.18. The molecule has 4 aromatic rings. The Morgan fingerprint density at radius 3 is 2.59 bits per heavy atom. The van der Waals surface area contributed by atoms with Gasteiger partial charge in [0.15, 0.2) is 0 Å². The maximum atomic E-state index is 13.3. The zero-order valence-corrected chi connectivity index (χ0v) is 20.3. The summed E-state index contributed by atoms with van der Waals surface area (Å²) in [6, 6.07) is 15.4. The van der Waals surface area contributed by atoms with Crippen LogP contribution in [0.2, 0.25) is 0 Å². The fraction of sp³-hybridized carbons (Fsp3) is 0.222. The number of nitrogens with zero attached hydrogens (tertiary/aromatic N) is 3. The standard InChI is InChI=1S/C27H26F3N5O2/c1-35(2)14-4-12-32-24-16-19(27(28,29)30)7-10-23(24)34-26(36)22-6-3-5-18-15-20(8-9-21(18)22)37-25-11-13-31-17-33-25/h3,5-11,13,15-17,32H,4,12,14H2,1-2H3,(H,34,36). The van der Waals surface area contributed by atoms with Gasteiger partial charge in [0, 0.05) is 24.4 Å². The highest BCUT2D eigenvalue weighted by Gasteiger charge is 2.31. The maximum absolute atomic E-state index is 13.3. The van der Waals surface area contributed by atoms with Gasteiger partial charge in [-0.15, -0.1) is 0 Å². The molecule has 4 rings (SSSR count). The summed E-state index contributed by atoms with van der Waals surface area (Å²) in [5.41, 5.74) is 0.0674. The largest absolute Gasteiger partial charge is 0.439 e. The molecule has 0 bridgehead atoms. The van der Waals surface area contributed by atoms with E-state index in [9.17, 15) is 18.0 Å². The first kappa shape index (κ1) is 25.9. The van der Waals surface area contributed by atoms with Gasteiger partial charge in [-0.1, -0.05) is 12.1 Å². The highest BCUT2D eigenvalue weighted by molar-refractivity contribution is 6.14. The van der Waals surface area contributed by atoms with Crippen LogP contribution in [0.5, 0.6) is 11.6 Å². The third-order valence-electron chi connectivity index (χ3n) is 5.57. The molecule has 0 unspecified atom stereocenters. The van der Waals surface area contributed by atoms with E-state index in [0.29, 0.717) is 29.1 Å². The van der Waals surface area contributed by atoms with Crippen molar-refractivity contribution in [1.82, 2.24) is 14.9 Å². The van der Waals surface area contributed by atoms with Gasteiger partial charge in [0.2, 0.25) is 5.88 Å². The highest BCUT2D eigenvalue weighted by Crippen LogP contribution is 2.35. The quantitative estimate of drug-likeness (QED) is 0.267. The molecule has 0 fully saturated rings. The second-order valence-corrected chi connectivity index (χ2v) is 8.63. The number of ether oxygens (including phenoxy) is 1. The number of halogens is 3. The number of rotatable bonds is 9. The van der Waals surface area contributed by atoms with Crippen molar-refractivity contribution in [2.75, 3.05) is 37.8 Å². The minimum absolute atomic E-state index is 0.211. The zero-order valence-electron chi connectivity index (χ0n) is 20.3. The molecule has 1 amide bonds. The van der Waals surface area contributed by atoms with Crippen LogP contribution in [0.15, 0.2) is 73.2 Å². The summed E-state index contributed by atoms with van der Waals surface area (Å²) < 4.78 is 45.7. The number of benzene rings is 3. The number of aromatic nitrogens is 2. The van der Waals surface area contributed by atoms with E-state index in [1.807, 2.05) is 25.1 Å². The van der Waals surface area contributed by atoms with Crippen molar-refractivity contribution in [3.05, 3.63) is 84.3 Å². The Morgan fingerprint density at radius 2 is 1.86 bits per heavy atom. The average Bonchev–Trinajstić information content (AvgIpc) is 2.86. The lowest BCUT2D eigenvalue weighted by Gasteiger charge is -2.17. The van der Waals surface area contributed by atoms with Crippen molar-refractivity contribution in [3.8, 4) is 11.6 Å². The molecule has 0 aliphatic heterocycles. The second-order valence-electron chi connectivity index (χ2n) is 8.63. The van der Waals surface area contributed by atoms with Crippen LogP contribution >= 0.6 is 0 Å². The molecule has 192 valence electrons. The van der Waals surface area contributed by atoms with Gasteiger partial charge in [0.05, 0.1) is 16.9 Å². The van der Waals surface area contributed by atoms with Gasteiger partial charge >= 0.3 is 6.18 Å². The average molecular weight is 510 g/mol. The van der Waals surface area contributed by atoms with Gasteiger partial charge < -0.3 is 20.3 Å². The molecule has 0 aliphatic rings. The number of amides is 1. The summed E-state index contributed by atoms with van der Waals surface area (Å²) in [7, 11) is 3.84. The van der Waals surface area contributed by atoms with Crippen LogP contribution in [0.3, 0.4) is 0 Å². The van der Waals surface area contributed by atoms with Crippen LogP contribution in [-0.2, 0) is 6.18 Å². The Kier molecular flexibility index (Phi) is 7.88. The van der Waals surface area contributed by atoms with Crippen LogP contribution < -0.4 is 15.4 Å². The van der Waals surface area contributed by atoms with E-state index in [2.05, 4.69) is 20.6 Å². The number of carbonyl (C=O) groups is 1. The Balaban J connectivity index is 1.57. The summed E-state index contributed by atoms with van der Waals surface area (Å²) in [5, 5.41) is 7.24. The first-order valence-corrected chi connectivity index (χ1v) is 11.6. The highest BCUT2D eigenvalue weighted by atomic mass is 19.4. The van der Waals surface area contributed by atoms with E-state index < -0.39 is 17.6 Å². The van der Waals surface area contributed by atoms with E-state index >= 15 is 0 Å². The molecule has 2 N–H and O–H groups in total. The van der Waals surface area contributed by atoms with Crippen molar-refractivity contribution in [2.45, 2.75) is 12.6 Å². The smallest absolute Gasteiger partial charge is 0.416 e. The fourth-order valence-corrected chi connectivity index (χ4v) is 3.77. The van der Waals surface area contributed by atoms with Gasteiger partial charge in [-0.05, 0) is 80.3 Å². The monoisotopic (exact) mass is 509 g/mol. The molecule has 3 aromatic carbocycles. The lowest BCUT2D eigenvalue weighted by atomic mass is 10.0. The van der Waals surface area contributed by atoms with Crippen LogP contribution in [0, 0.1) is 0 Å². The normalized spacial score (nSPS) is 11.5. The van der Waals surface area contributed by atoms with E-state index in [4.69, 9.17) is 4.74 Å².